The highest BCUT2D eigenvalue weighted by Gasteiger charge is 2.16. The van der Waals surface area contributed by atoms with Gasteiger partial charge < -0.3 is 4.74 Å². The monoisotopic (exact) mass is 220 g/mol. The summed E-state index contributed by atoms with van der Waals surface area (Å²) in [4.78, 5) is 11.2. The van der Waals surface area contributed by atoms with Gasteiger partial charge >= 0.3 is 0 Å². The fourth-order valence-electron chi connectivity index (χ4n) is 1.16. The summed E-state index contributed by atoms with van der Waals surface area (Å²) >= 11 is 2.84. The maximum absolute atomic E-state index is 11.2. The molecule has 1 saturated heterocycles. The Kier molecular flexibility index (Phi) is 5.91. The minimum absolute atomic E-state index is 0.248. The highest BCUT2D eigenvalue weighted by molar-refractivity contribution is 8.38. The summed E-state index contributed by atoms with van der Waals surface area (Å²) in [6.45, 7) is 2.96. The molecule has 1 heterocycles. The first-order valence-electron chi connectivity index (χ1n) is 4.74. The average Bonchev–Trinajstić information content (AvgIpc) is 2.64. The van der Waals surface area contributed by atoms with Crippen molar-refractivity contribution < 1.29 is 9.53 Å². The molecule has 4 heteroatoms. The van der Waals surface area contributed by atoms with Crippen molar-refractivity contribution in [3.05, 3.63) is 0 Å². The number of hydrogen-bond donors (Lipinski definition) is 0. The second-order valence-electron chi connectivity index (χ2n) is 3.04. The predicted molar refractivity (Wildman–Crippen MR) is 59.6 cm³/mol. The number of rotatable bonds is 4. The van der Waals surface area contributed by atoms with E-state index >= 15 is 0 Å². The Balaban J connectivity index is 2.00. The van der Waals surface area contributed by atoms with Crippen LogP contribution in [0.2, 0.25) is 0 Å². The van der Waals surface area contributed by atoms with Gasteiger partial charge in [-0.25, -0.2) is 0 Å². The zero-order valence-electron chi connectivity index (χ0n) is 7.95. The molecule has 1 atom stereocenters. The first-order chi connectivity index (χ1) is 6.33. The third-order valence-electron chi connectivity index (χ3n) is 1.84. The second kappa shape index (κ2) is 6.74. The van der Waals surface area contributed by atoms with Crippen LogP contribution >= 0.6 is 23.5 Å². The van der Waals surface area contributed by atoms with E-state index in [2.05, 4.69) is 6.92 Å². The Labute approximate surface area is 88.2 Å². The second-order valence-corrected chi connectivity index (χ2v) is 5.36. The maximum atomic E-state index is 11.2. The van der Waals surface area contributed by atoms with E-state index in [0.29, 0.717) is 6.10 Å². The minimum atomic E-state index is 0.248. The number of carbonyl (C=O) groups excluding carboxylic acids is 1. The molecule has 0 aromatic heterocycles. The van der Waals surface area contributed by atoms with E-state index in [9.17, 15) is 4.79 Å². The molecule has 0 aromatic rings. The molecule has 0 aromatic carbocycles. The van der Waals surface area contributed by atoms with Gasteiger partial charge in [0.05, 0.1) is 6.10 Å². The van der Waals surface area contributed by atoms with Gasteiger partial charge in [0, 0.05) is 18.1 Å². The van der Waals surface area contributed by atoms with Gasteiger partial charge in [0.25, 0.3) is 0 Å². The molecule has 76 valence electrons. The lowest BCUT2D eigenvalue weighted by Gasteiger charge is -2.06. The Hall–Kier alpha value is 0.330. The third kappa shape index (κ3) is 4.93. The van der Waals surface area contributed by atoms with Crippen LogP contribution in [-0.4, -0.2) is 28.7 Å². The normalized spacial score (nSPS) is 22.1. The van der Waals surface area contributed by atoms with Crippen molar-refractivity contribution in [2.24, 2.45) is 0 Å². The van der Waals surface area contributed by atoms with Crippen LogP contribution in [0.4, 0.5) is 4.79 Å². The first-order valence-corrected chi connectivity index (χ1v) is 6.71. The van der Waals surface area contributed by atoms with Gasteiger partial charge in [0.1, 0.15) is 0 Å². The molecule has 1 unspecified atom stereocenters. The van der Waals surface area contributed by atoms with Crippen molar-refractivity contribution in [2.75, 3.05) is 18.1 Å². The molecule has 1 fully saturated rings. The van der Waals surface area contributed by atoms with Gasteiger partial charge in [-0.05, 0) is 19.3 Å². The largest absolute Gasteiger partial charge is 0.377 e. The maximum Gasteiger partial charge on any atom is 0.246 e. The highest BCUT2D eigenvalue weighted by atomic mass is 32.2. The number of hydrogen-bond acceptors (Lipinski definition) is 4. The molecule has 0 saturated carbocycles. The van der Waals surface area contributed by atoms with Crippen LogP contribution in [-0.2, 0) is 4.74 Å². The summed E-state index contributed by atoms with van der Waals surface area (Å²) in [7, 11) is 0. The molecule has 13 heavy (non-hydrogen) atoms. The Morgan fingerprint density at radius 1 is 1.54 bits per heavy atom. The molecule has 0 spiro atoms. The van der Waals surface area contributed by atoms with Crippen LogP contribution in [0.5, 0.6) is 0 Å². The van der Waals surface area contributed by atoms with Gasteiger partial charge in [0.2, 0.25) is 4.45 Å². The SMILES string of the molecule is CCCSC(=O)SCC1CCCO1. The van der Waals surface area contributed by atoms with Crippen molar-refractivity contribution in [2.45, 2.75) is 32.3 Å². The molecule has 1 aliphatic rings. The van der Waals surface area contributed by atoms with Crippen LogP contribution in [0.25, 0.3) is 0 Å². The van der Waals surface area contributed by atoms with Gasteiger partial charge in [-0.2, -0.15) is 0 Å². The molecular formula is C9H16O2S2. The zero-order valence-corrected chi connectivity index (χ0v) is 9.59. The summed E-state index contributed by atoms with van der Waals surface area (Å²) in [5, 5.41) is 0. The lowest BCUT2D eigenvalue weighted by atomic mass is 10.3. The molecule has 0 aliphatic carbocycles. The standard InChI is InChI=1S/C9H16O2S2/c1-2-6-12-9(10)13-7-8-4-3-5-11-8/h8H,2-7H2,1H3. The summed E-state index contributed by atoms with van der Waals surface area (Å²) in [5.74, 6) is 1.78. The van der Waals surface area contributed by atoms with Gasteiger partial charge in [-0.1, -0.05) is 30.4 Å². The van der Waals surface area contributed by atoms with Crippen LogP contribution in [0.15, 0.2) is 0 Å². The fraction of sp³-hybridized carbons (Fsp3) is 0.889. The molecule has 0 bridgehead atoms. The average molecular weight is 220 g/mol. The topological polar surface area (TPSA) is 26.3 Å². The van der Waals surface area contributed by atoms with Crippen molar-refractivity contribution in [3.8, 4) is 0 Å². The predicted octanol–water partition coefficient (Wildman–Crippen LogP) is 3.16. The van der Waals surface area contributed by atoms with Gasteiger partial charge in [-0.15, -0.1) is 0 Å². The van der Waals surface area contributed by atoms with E-state index in [1.807, 2.05) is 0 Å². The van der Waals surface area contributed by atoms with E-state index in [4.69, 9.17) is 4.74 Å². The number of carbonyl (C=O) groups is 1. The highest BCUT2D eigenvalue weighted by Crippen LogP contribution is 2.22. The van der Waals surface area contributed by atoms with E-state index in [1.165, 1.54) is 23.5 Å². The Morgan fingerprint density at radius 3 is 3.00 bits per heavy atom. The van der Waals surface area contributed by atoms with Crippen molar-refractivity contribution >= 4 is 28.0 Å². The summed E-state index contributed by atoms with van der Waals surface area (Å²) in [5.41, 5.74) is 0. The molecule has 2 nitrogen and oxygen atoms in total. The summed E-state index contributed by atoms with van der Waals surface area (Å²) < 4.78 is 5.67. The minimum Gasteiger partial charge on any atom is -0.377 e. The third-order valence-corrected chi connectivity index (χ3v) is 4.16. The molecule has 1 aliphatic heterocycles. The van der Waals surface area contributed by atoms with E-state index in [1.54, 1.807) is 0 Å². The molecule has 0 N–H and O–H groups in total. The summed E-state index contributed by atoms with van der Waals surface area (Å²) in [6.07, 6.45) is 3.67. The fourth-order valence-corrected chi connectivity index (χ4v) is 2.91. The molecule has 0 radical (unpaired) electrons. The Bertz CT molecular complexity index is 156. The van der Waals surface area contributed by atoms with Crippen LogP contribution in [0, 0.1) is 0 Å². The van der Waals surface area contributed by atoms with Crippen molar-refractivity contribution in [3.63, 3.8) is 0 Å². The van der Waals surface area contributed by atoms with Crippen molar-refractivity contribution in [1.29, 1.82) is 0 Å². The number of thioether (sulfide) groups is 2. The van der Waals surface area contributed by atoms with Crippen LogP contribution in [0.1, 0.15) is 26.2 Å². The van der Waals surface area contributed by atoms with Gasteiger partial charge in [0.15, 0.2) is 0 Å². The lowest BCUT2D eigenvalue weighted by molar-refractivity contribution is 0.129. The molecular weight excluding hydrogens is 204 g/mol. The summed E-state index contributed by atoms with van der Waals surface area (Å²) in [6, 6.07) is 0. The van der Waals surface area contributed by atoms with Crippen molar-refractivity contribution in [1.82, 2.24) is 0 Å². The Morgan fingerprint density at radius 2 is 2.38 bits per heavy atom. The first kappa shape index (κ1) is 11.4. The van der Waals surface area contributed by atoms with Crippen LogP contribution < -0.4 is 0 Å². The molecule has 0 amide bonds. The smallest absolute Gasteiger partial charge is 0.246 e. The van der Waals surface area contributed by atoms with Crippen LogP contribution in [0.3, 0.4) is 0 Å². The number of ether oxygens (including phenoxy) is 1. The quantitative estimate of drug-likeness (QED) is 0.727. The van der Waals surface area contributed by atoms with E-state index < -0.39 is 0 Å². The van der Waals surface area contributed by atoms with E-state index in [-0.39, 0.29) is 4.45 Å². The van der Waals surface area contributed by atoms with Gasteiger partial charge in [-0.3, -0.25) is 4.79 Å². The lowest BCUT2D eigenvalue weighted by Crippen LogP contribution is -2.08. The zero-order chi connectivity index (χ0) is 9.52. The van der Waals surface area contributed by atoms with E-state index in [0.717, 1.165) is 37.4 Å². The molecule has 1 rings (SSSR count).